The highest BCUT2D eigenvalue weighted by Gasteiger charge is 2.31. The summed E-state index contributed by atoms with van der Waals surface area (Å²) in [5, 5.41) is 6.15. The molecule has 5 aromatic rings. The minimum Gasteiger partial charge on any atom is -0.493 e. The topological polar surface area (TPSA) is 130 Å². The number of fused-ring (bicyclic) bond motifs is 1. The Morgan fingerprint density at radius 2 is 1.62 bits per heavy atom. The molecule has 0 spiro atoms. The van der Waals surface area contributed by atoms with Crippen LogP contribution in [0.1, 0.15) is 46.5 Å². The van der Waals surface area contributed by atoms with Gasteiger partial charge >= 0.3 is 0 Å². The number of aromatic nitrogens is 2. The molecule has 268 valence electrons. The second-order valence-electron chi connectivity index (χ2n) is 12.8. The molecule has 2 aliphatic rings. The van der Waals surface area contributed by atoms with Crippen LogP contribution in [-0.2, 0) is 11.3 Å². The molecular formula is C39H36F2N4O7. The molecule has 1 aliphatic carbocycles. The van der Waals surface area contributed by atoms with Gasteiger partial charge in [0.25, 0.3) is 11.8 Å². The van der Waals surface area contributed by atoms with Crippen LogP contribution in [0.25, 0.3) is 22.0 Å². The maximum Gasteiger partial charge on any atom is 0.268 e. The van der Waals surface area contributed by atoms with Crippen molar-refractivity contribution in [2.45, 2.75) is 38.3 Å². The smallest absolute Gasteiger partial charge is 0.268 e. The summed E-state index contributed by atoms with van der Waals surface area (Å²) in [5.41, 5.74) is -0.0125. The number of carbonyl (C=O) groups excluding carboxylic acids is 2. The molecule has 0 bridgehead atoms. The monoisotopic (exact) mass is 710 g/mol. The predicted octanol–water partition coefficient (Wildman–Crippen LogP) is 6.72. The standard InChI is InChI=1S/C39H36F2N4O7/c1-49-33-18-27-30(19-34(33)50-2)42-14-11-31(27)52-32-10-9-26(17-29(32)41)44-38(47)28-21-45(20-22-12-15-51-16-13-22)36(39(48)43-25-7-8-25)35(37(28)46)23-3-5-24(40)6-4-23/h3-6,9-11,14,17-19,21-22,25H,7-8,12-13,15-16,20H2,1-2H3,(H,43,48)(H,44,47). The van der Waals surface area contributed by atoms with E-state index in [1.807, 2.05) is 0 Å². The van der Waals surface area contributed by atoms with Crippen molar-refractivity contribution in [3.8, 4) is 34.1 Å². The van der Waals surface area contributed by atoms with E-state index in [0.29, 0.717) is 47.9 Å². The molecule has 2 amide bonds. The summed E-state index contributed by atoms with van der Waals surface area (Å²) in [6, 6.07) is 14.0. The Labute approximate surface area is 297 Å². The Morgan fingerprint density at radius 1 is 0.885 bits per heavy atom. The lowest BCUT2D eigenvalue weighted by molar-refractivity contribution is 0.0607. The molecular weight excluding hydrogens is 674 g/mol. The van der Waals surface area contributed by atoms with Gasteiger partial charge in [-0.15, -0.1) is 0 Å². The zero-order valence-corrected chi connectivity index (χ0v) is 28.5. The van der Waals surface area contributed by atoms with Crippen LogP contribution >= 0.6 is 0 Å². The molecule has 1 aliphatic heterocycles. The van der Waals surface area contributed by atoms with Crippen molar-refractivity contribution < 1.29 is 37.3 Å². The third kappa shape index (κ3) is 7.31. The van der Waals surface area contributed by atoms with Gasteiger partial charge in [0.05, 0.1) is 25.3 Å². The Kier molecular flexibility index (Phi) is 9.86. The van der Waals surface area contributed by atoms with Gasteiger partial charge in [-0.05, 0) is 73.6 Å². The van der Waals surface area contributed by atoms with Gasteiger partial charge in [-0.25, -0.2) is 8.78 Å². The molecule has 1 saturated carbocycles. The number of rotatable bonds is 11. The molecule has 2 N–H and O–H groups in total. The molecule has 3 aromatic carbocycles. The molecule has 52 heavy (non-hydrogen) atoms. The van der Waals surface area contributed by atoms with E-state index < -0.39 is 28.9 Å². The van der Waals surface area contributed by atoms with E-state index in [1.165, 1.54) is 63.0 Å². The molecule has 7 rings (SSSR count). The number of hydrogen-bond acceptors (Lipinski definition) is 8. The lowest BCUT2D eigenvalue weighted by Crippen LogP contribution is -2.35. The first-order valence-corrected chi connectivity index (χ1v) is 16.9. The van der Waals surface area contributed by atoms with Gasteiger partial charge in [0, 0.05) is 61.4 Å². The molecule has 11 nitrogen and oxygen atoms in total. The lowest BCUT2D eigenvalue weighted by Gasteiger charge is -2.26. The SMILES string of the molecule is COc1cc2nccc(Oc3ccc(NC(=O)c4cn(CC5CCOCC5)c(C(=O)NC5CC5)c(-c5ccc(F)cc5)c4=O)cc3F)c2cc1OC. The molecule has 0 unspecified atom stereocenters. The summed E-state index contributed by atoms with van der Waals surface area (Å²) in [5.74, 6) is -1.33. The Morgan fingerprint density at radius 3 is 2.31 bits per heavy atom. The second kappa shape index (κ2) is 14.8. The Hall–Kier alpha value is -5.82. The highest BCUT2D eigenvalue weighted by atomic mass is 19.1. The number of nitrogens with zero attached hydrogens (tertiary/aromatic N) is 2. The maximum atomic E-state index is 15.5. The summed E-state index contributed by atoms with van der Waals surface area (Å²) in [6.45, 7) is 1.45. The summed E-state index contributed by atoms with van der Waals surface area (Å²) in [7, 11) is 3.01. The minimum absolute atomic E-state index is 0.00588. The van der Waals surface area contributed by atoms with E-state index in [9.17, 15) is 18.8 Å². The summed E-state index contributed by atoms with van der Waals surface area (Å²) in [4.78, 5) is 46.1. The molecule has 13 heteroatoms. The maximum absolute atomic E-state index is 15.5. The van der Waals surface area contributed by atoms with E-state index in [2.05, 4.69) is 15.6 Å². The first kappa shape index (κ1) is 34.6. The van der Waals surface area contributed by atoms with Crippen LogP contribution in [0.3, 0.4) is 0 Å². The number of nitrogens with one attached hydrogen (secondary N) is 2. The summed E-state index contributed by atoms with van der Waals surface area (Å²) >= 11 is 0. The van der Waals surface area contributed by atoms with E-state index in [-0.39, 0.29) is 45.8 Å². The van der Waals surface area contributed by atoms with E-state index in [0.717, 1.165) is 31.7 Å². The van der Waals surface area contributed by atoms with E-state index in [1.54, 1.807) is 22.8 Å². The lowest BCUT2D eigenvalue weighted by atomic mass is 9.96. The number of pyridine rings is 2. The van der Waals surface area contributed by atoms with Gasteiger partial charge < -0.3 is 34.1 Å². The summed E-state index contributed by atoms with van der Waals surface area (Å²) < 4.78 is 53.4. The molecule has 1 saturated heterocycles. The predicted molar refractivity (Wildman–Crippen MR) is 189 cm³/mol. The van der Waals surface area contributed by atoms with Crippen LogP contribution < -0.4 is 30.3 Å². The van der Waals surface area contributed by atoms with E-state index >= 15 is 4.39 Å². The fourth-order valence-corrected chi connectivity index (χ4v) is 6.30. The average Bonchev–Trinajstić information content (AvgIpc) is 3.97. The highest BCUT2D eigenvalue weighted by Crippen LogP contribution is 2.38. The summed E-state index contributed by atoms with van der Waals surface area (Å²) in [6.07, 6.45) is 6.01. The number of hydrogen-bond donors (Lipinski definition) is 2. The number of halogens is 2. The van der Waals surface area contributed by atoms with Crippen LogP contribution in [0.4, 0.5) is 14.5 Å². The molecule has 2 aromatic heterocycles. The first-order valence-electron chi connectivity index (χ1n) is 16.9. The van der Waals surface area contributed by atoms with Gasteiger partial charge in [-0.3, -0.25) is 19.4 Å². The van der Waals surface area contributed by atoms with E-state index in [4.69, 9.17) is 18.9 Å². The van der Waals surface area contributed by atoms with Gasteiger partial charge in [-0.1, -0.05) is 12.1 Å². The molecule has 0 atom stereocenters. The minimum atomic E-state index is -0.808. The number of methoxy groups -OCH3 is 2. The van der Waals surface area contributed by atoms with Crippen molar-refractivity contribution >= 4 is 28.4 Å². The largest absolute Gasteiger partial charge is 0.493 e. The van der Waals surface area contributed by atoms with Crippen LogP contribution in [0, 0.1) is 17.6 Å². The second-order valence-corrected chi connectivity index (χ2v) is 12.8. The zero-order valence-electron chi connectivity index (χ0n) is 28.5. The average molecular weight is 711 g/mol. The third-order valence-electron chi connectivity index (χ3n) is 9.20. The van der Waals surface area contributed by atoms with Gasteiger partial charge in [0.1, 0.15) is 22.8 Å². The third-order valence-corrected chi connectivity index (χ3v) is 9.20. The first-order chi connectivity index (χ1) is 25.2. The Bertz CT molecular complexity index is 2210. The van der Waals surface area contributed by atoms with Gasteiger partial charge in [0.15, 0.2) is 23.1 Å². The quantitative estimate of drug-likeness (QED) is 0.155. The van der Waals surface area contributed by atoms with Crippen molar-refractivity contribution in [2.75, 3.05) is 32.8 Å². The Balaban J connectivity index is 1.22. The van der Waals surface area contributed by atoms with Crippen molar-refractivity contribution in [2.24, 2.45) is 5.92 Å². The molecule has 0 radical (unpaired) electrons. The zero-order chi connectivity index (χ0) is 36.4. The molecule has 2 fully saturated rings. The fraction of sp³-hybridized carbons (Fsp3) is 0.282. The fourth-order valence-electron chi connectivity index (χ4n) is 6.30. The number of carbonyl (C=O) groups is 2. The number of ether oxygens (including phenoxy) is 4. The number of amides is 2. The van der Waals surface area contributed by atoms with Crippen LogP contribution in [-0.4, -0.2) is 54.8 Å². The van der Waals surface area contributed by atoms with Gasteiger partial charge in [0.2, 0.25) is 5.43 Å². The van der Waals surface area contributed by atoms with Crippen LogP contribution in [0.15, 0.2) is 77.9 Å². The highest BCUT2D eigenvalue weighted by molar-refractivity contribution is 6.07. The van der Waals surface area contributed by atoms with Crippen molar-refractivity contribution in [1.29, 1.82) is 0 Å². The molecule has 3 heterocycles. The normalized spacial score (nSPS) is 14.5. The van der Waals surface area contributed by atoms with Crippen molar-refractivity contribution in [1.82, 2.24) is 14.9 Å². The van der Waals surface area contributed by atoms with Gasteiger partial charge in [-0.2, -0.15) is 0 Å². The van der Waals surface area contributed by atoms with Crippen LogP contribution in [0.5, 0.6) is 23.0 Å². The number of anilines is 1. The van der Waals surface area contributed by atoms with Crippen molar-refractivity contribution in [3.63, 3.8) is 0 Å². The van der Waals surface area contributed by atoms with Crippen LogP contribution in [0.2, 0.25) is 0 Å². The number of benzene rings is 3. The van der Waals surface area contributed by atoms with Crippen molar-refractivity contribution in [3.05, 3.63) is 106 Å².